The van der Waals surface area contributed by atoms with Gasteiger partial charge in [-0.2, -0.15) is 0 Å². The van der Waals surface area contributed by atoms with Gasteiger partial charge in [-0.3, -0.25) is 4.79 Å². The Morgan fingerprint density at radius 1 is 1.38 bits per heavy atom. The van der Waals surface area contributed by atoms with E-state index in [9.17, 15) is 9.59 Å². The molecule has 1 amide bonds. The van der Waals surface area contributed by atoms with Crippen molar-refractivity contribution in [3.05, 3.63) is 39.4 Å². The molecule has 6 nitrogen and oxygen atoms in total. The topological polar surface area (TPSA) is 92.2 Å². The van der Waals surface area contributed by atoms with Gasteiger partial charge in [-0.05, 0) is 35.6 Å². The summed E-state index contributed by atoms with van der Waals surface area (Å²) in [6, 6.07) is 4.27. The number of nitrogens with one attached hydrogen (secondary N) is 1. The maximum Gasteiger partial charge on any atom is 0.337 e. The summed E-state index contributed by atoms with van der Waals surface area (Å²) in [4.78, 5) is 23.6. The Hall–Kier alpha value is -1.99. The van der Waals surface area contributed by atoms with E-state index in [-0.39, 0.29) is 22.4 Å². The molecule has 0 fully saturated rings. The first-order chi connectivity index (χ1) is 9.90. The number of benzene rings is 1. The number of hydrogen-bond acceptors (Lipinski definition) is 5. The molecule has 0 atom stereocenters. The first-order valence-electron chi connectivity index (χ1n) is 6.06. The highest BCUT2D eigenvalue weighted by atomic mass is 35.5. The normalized spacial score (nSPS) is 10.7. The highest BCUT2D eigenvalue weighted by Gasteiger charge is 2.19. The van der Waals surface area contributed by atoms with Gasteiger partial charge in [0.1, 0.15) is 4.88 Å². The van der Waals surface area contributed by atoms with Gasteiger partial charge >= 0.3 is 5.97 Å². The molecule has 0 aliphatic rings. The van der Waals surface area contributed by atoms with Crippen LogP contribution in [0.4, 0.5) is 5.69 Å². The summed E-state index contributed by atoms with van der Waals surface area (Å²) in [5.74, 6) is -1.45. The second-order valence-corrected chi connectivity index (χ2v) is 5.76. The number of carbonyl (C=O) groups excluding carboxylic acids is 1. The van der Waals surface area contributed by atoms with Crippen molar-refractivity contribution in [1.29, 1.82) is 0 Å². The van der Waals surface area contributed by atoms with Crippen molar-refractivity contribution < 1.29 is 14.7 Å². The molecule has 2 rings (SSSR count). The number of nitrogens with zero attached hydrogens (tertiary/aromatic N) is 2. The molecule has 2 aromatic rings. The summed E-state index contributed by atoms with van der Waals surface area (Å²) >= 11 is 6.79. The minimum atomic E-state index is -1.15. The van der Waals surface area contributed by atoms with Crippen LogP contribution in [0, 0.1) is 0 Å². The lowest BCUT2D eigenvalue weighted by Gasteiger charge is -2.07. The van der Waals surface area contributed by atoms with Crippen LogP contribution in [0.15, 0.2) is 18.2 Å². The second-order valence-electron chi connectivity index (χ2n) is 4.60. The molecular weight excluding hydrogens is 314 g/mol. The van der Waals surface area contributed by atoms with Gasteiger partial charge in [0.15, 0.2) is 0 Å². The van der Waals surface area contributed by atoms with Crippen molar-refractivity contribution in [2.45, 2.75) is 19.8 Å². The molecule has 110 valence electrons. The van der Waals surface area contributed by atoms with Crippen LogP contribution in [0.2, 0.25) is 5.02 Å². The molecule has 1 aromatic carbocycles. The third kappa shape index (κ3) is 3.37. The maximum absolute atomic E-state index is 12.2. The maximum atomic E-state index is 12.2. The number of aromatic carboxylic acids is 1. The van der Waals surface area contributed by atoms with E-state index in [0.29, 0.717) is 16.3 Å². The summed E-state index contributed by atoms with van der Waals surface area (Å²) in [6.45, 7) is 3.83. The summed E-state index contributed by atoms with van der Waals surface area (Å²) in [7, 11) is 0. The first-order valence-corrected chi connectivity index (χ1v) is 7.21. The van der Waals surface area contributed by atoms with Gasteiger partial charge in [-0.1, -0.05) is 29.9 Å². The van der Waals surface area contributed by atoms with Gasteiger partial charge in [-0.25, -0.2) is 4.79 Å². The van der Waals surface area contributed by atoms with Crippen molar-refractivity contribution in [2.24, 2.45) is 0 Å². The number of carbonyl (C=O) groups is 2. The fourth-order valence-corrected chi connectivity index (χ4v) is 2.60. The van der Waals surface area contributed by atoms with Crippen LogP contribution >= 0.6 is 23.1 Å². The number of anilines is 1. The predicted molar refractivity (Wildman–Crippen MR) is 80.4 cm³/mol. The fraction of sp³-hybridized carbons (Fsp3) is 0.231. The molecule has 0 radical (unpaired) electrons. The van der Waals surface area contributed by atoms with Crippen LogP contribution < -0.4 is 5.32 Å². The van der Waals surface area contributed by atoms with Crippen molar-refractivity contribution in [2.75, 3.05) is 5.32 Å². The lowest BCUT2D eigenvalue weighted by molar-refractivity contribution is 0.0696. The second kappa shape index (κ2) is 6.19. The quantitative estimate of drug-likeness (QED) is 0.900. The molecule has 1 heterocycles. The number of rotatable bonds is 4. The molecule has 8 heteroatoms. The SMILES string of the molecule is CC(C)c1nnsc1C(=O)Nc1ccc(Cl)c(C(=O)O)c1. The summed E-state index contributed by atoms with van der Waals surface area (Å²) < 4.78 is 3.78. The van der Waals surface area contributed by atoms with Crippen molar-refractivity contribution in [3.8, 4) is 0 Å². The molecule has 0 saturated carbocycles. The molecule has 0 bridgehead atoms. The number of halogens is 1. The molecule has 0 spiro atoms. The summed E-state index contributed by atoms with van der Waals surface area (Å²) in [5, 5.41) is 15.7. The third-order valence-electron chi connectivity index (χ3n) is 2.72. The monoisotopic (exact) mass is 325 g/mol. The van der Waals surface area contributed by atoms with Gasteiger partial charge in [0.05, 0.1) is 16.3 Å². The first kappa shape index (κ1) is 15.4. The molecule has 0 aliphatic carbocycles. The van der Waals surface area contributed by atoms with Crippen LogP contribution in [0.5, 0.6) is 0 Å². The Kier molecular flexibility index (Phi) is 4.54. The third-order valence-corrected chi connectivity index (χ3v) is 3.79. The van der Waals surface area contributed by atoms with E-state index in [1.54, 1.807) is 0 Å². The summed E-state index contributed by atoms with van der Waals surface area (Å²) in [6.07, 6.45) is 0. The van der Waals surface area contributed by atoms with E-state index in [1.807, 2.05) is 13.8 Å². The fourth-order valence-electron chi connectivity index (χ4n) is 1.69. The number of carboxylic acids is 1. The van der Waals surface area contributed by atoms with Gasteiger partial charge in [0.25, 0.3) is 5.91 Å². The molecule has 21 heavy (non-hydrogen) atoms. The van der Waals surface area contributed by atoms with Crippen molar-refractivity contribution in [1.82, 2.24) is 9.59 Å². The standard InChI is InChI=1S/C13H12ClN3O3S/c1-6(2)10-11(21-17-16-10)12(18)15-7-3-4-9(14)8(5-7)13(19)20/h3-6H,1-2H3,(H,15,18)(H,19,20). The largest absolute Gasteiger partial charge is 0.478 e. The minimum absolute atomic E-state index is 0.0685. The molecule has 2 N–H and O–H groups in total. The highest BCUT2D eigenvalue weighted by molar-refractivity contribution is 7.08. The van der Waals surface area contributed by atoms with Crippen LogP contribution in [0.25, 0.3) is 0 Å². The molecule has 0 saturated heterocycles. The number of carboxylic acid groups (broad SMARTS) is 1. The van der Waals surface area contributed by atoms with Gasteiger partial charge < -0.3 is 10.4 Å². The Labute approximate surface area is 129 Å². The Bertz CT molecular complexity index is 700. The van der Waals surface area contributed by atoms with E-state index in [1.165, 1.54) is 18.2 Å². The van der Waals surface area contributed by atoms with Crippen LogP contribution in [0.3, 0.4) is 0 Å². The van der Waals surface area contributed by atoms with Gasteiger partial charge in [0, 0.05) is 5.69 Å². The molecule has 0 aliphatic heterocycles. The van der Waals surface area contributed by atoms with Crippen molar-refractivity contribution >= 4 is 40.7 Å². The van der Waals surface area contributed by atoms with E-state index in [2.05, 4.69) is 14.9 Å². The Morgan fingerprint density at radius 2 is 2.10 bits per heavy atom. The van der Waals surface area contributed by atoms with Gasteiger partial charge in [-0.15, -0.1) is 5.10 Å². The van der Waals surface area contributed by atoms with Crippen LogP contribution in [-0.2, 0) is 0 Å². The Balaban J connectivity index is 2.26. The number of aromatic nitrogens is 2. The average Bonchev–Trinajstić information content (AvgIpc) is 2.90. The average molecular weight is 326 g/mol. The highest BCUT2D eigenvalue weighted by Crippen LogP contribution is 2.23. The van der Waals surface area contributed by atoms with Crippen molar-refractivity contribution in [3.63, 3.8) is 0 Å². The van der Waals surface area contributed by atoms with Gasteiger partial charge in [0.2, 0.25) is 0 Å². The molecule has 1 aromatic heterocycles. The van der Waals surface area contributed by atoms with E-state index < -0.39 is 5.97 Å². The minimum Gasteiger partial charge on any atom is -0.478 e. The Morgan fingerprint density at radius 3 is 2.71 bits per heavy atom. The van der Waals surface area contributed by atoms with Crippen LogP contribution in [0.1, 0.15) is 45.5 Å². The lowest BCUT2D eigenvalue weighted by Crippen LogP contribution is -2.13. The number of amides is 1. The zero-order valence-electron chi connectivity index (χ0n) is 11.3. The van der Waals surface area contributed by atoms with Crippen LogP contribution in [-0.4, -0.2) is 26.6 Å². The molecular formula is C13H12ClN3O3S. The molecule has 0 unspecified atom stereocenters. The van der Waals surface area contributed by atoms with E-state index in [4.69, 9.17) is 16.7 Å². The zero-order chi connectivity index (χ0) is 15.6. The number of hydrogen-bond donors (Lipinski definition) is 2. The predicted octanol–water partition coefficient (Wildman–Crippen LogP) is 3.27. The van der Waals surface area contributed by atoms with E-state index in [0.717, 1.165) is 11.5 Å². The smallest absolute Gasteiger partial charge is 0.337 e. The lowest BCUT2D eigenvalue weighted by atomic mass is 10.1. The zero-order valence-corrected chi connectivity index (χ0v) is 12.8. The van der Waals surface area contributed by atoms with E-state index >= 15 is 0 Å². The summed E-state index contributed by atoms with van der Waals surface area (Å²) in [5.41, 5.74) is 0.899.